The van der Waals surface area contributed by atoms with Gasteiger partial charge in [-0.05, 0) is 22.1 Å². The molecule has 0 saturated carbocycles. The van der Waals surface area contributed by atoms with Gasteiger partial charge in [0.05, 0.1) is 12.0 Å². The van der Waals surface area contributed by atoms with Crippen molar-refractivity contribution in [3.05, 3.63) is 71.3 Å². The lowest BCUT2D eigenvalue weighted by Gasteiger charge is -2.20. The Hall–Kier alpha value is -3.13. The zero-order chi connectivity index (χ0) is 21.0. The third-order valence-electron chi connectivity index (χ3n) is 5.33. The fourth-order valence-electron chi connectivity index (χ4n) is 3.53. The molecule has 1 heterocycles. The van der Waals surface area contributed by atoms with E-state index >= 15 is 0 Å². The molecule has 1 saturated heterocycles. The highest BCUT2D eigenvalue weighted by molar-refractivity contribution is 5.89. The van der Waals surface area contributed by atoms with Crippen LogP contribution in [0.1, 0.15) is 49.9 Å². The van der Waals surface area contributed by atoms with Gasteiger partial charge >= 0.3 is 0 Å². The van der Waals surface area contributed by atoms with Crippen molar-refractivity contribution in [2.75, 3.05) is 6.54 Å². The quantitative estimate of drug-likeness (QED) is 0.847. The Balaban J connectivity index is 1.63. The molecule has 2 aromatic carbocycles. The number of hydrogen-bond donors (Lipinski definition) is 1. The molecule has 1 aliphatic heterocycles. The average molecular weight is 389 g/mol. The molecule has 2 aromatic rings. The molecule has 2 unspecified atom stereocenters. The molecule has 5 nitrogen and oxygen atoms in total. The number of carbonyl (C=O) groups excluding carboxylic acids is 2. The van der Waals surface area contributed by atoms with E-state index < -0.39 is 12.0 Å². The van der Waals surface area contributed by atoms with Gasteiger partial charge in [-0.25, -0.2) is 0 Å². The lowest BCUT2D eigenvalue weighted by molar-refractivity contribution is -0.129. The van der Waals surface area contributed by atoms with E-state index in [1.165, 1.54) is 5.56 Å². The van der Waals surface area contributed by atoms with Crippen LogP contribution in [0.25, 0.3) is 0 Å². The van der Waals surface area contributed by atoms with Gasteiger partial charge in [-0.1, -0.05) is 75.4 Å². The Morgan fingerprint density at radius 1 is 1.17 bits per heavy atom. The van der Waals surface area contributed by atoms with E-state index in [9.17, 15) is 14.9 Å². The third-order valence-corrected chi connectivity index (χ3v) is 5.33. The number of hydrogen-bond acceptors (Lipinski definition) is 3. The zero-order valence-corrected chi connectivity index (χ0v) is 17.2. The molecule has 1 aliphatic rings. The first-order chi connectivity index (χ1) is 13.8. The maximum atomic E-state index is 12.7. The standard InChI is InChI=1S/C24H27N3O2/c1-24(2,3)20-11-9-18(10-12-20)21(14-25)26-23(29)19-13-22(28)27(16-19)15-17-7-5-4-6-8-17/h4-12,19,21H,13,15-16H2,1-3H3,(H,26,29). The highest BCUT2D eigenvalue weighted by Gasteiger charge is 2.35. The largest absolute Gasteiger partial charge is 0.338 e. The van der Waals surface area contributed by atoms with Crippen LogP contribution in [0, 0.1) is 17.2 Å². The Morgan fingerprint density at radius 3 is 2.41 bits per heavy atom. The minimum absolute atomic E-state index is 0.0241. The molecular weight excluding hydrogens is 362 g/mol. The predicted octanol–water partition coefficient (Wildman–Crippen LogP) is 3.71. The summed E-state index contributed by atoms with van der Waals surface area (Å²) < 4.78 is 0. The highest BCUT2D eigenvalue weighted by Crippen LogP contribution is 2.25. The molecule has 3 rings (SSSR count). The smallest absolute Gasteiger partial charge is 0.226 e. The first-order valence-electron chi connectivity index (χ1n) is 9.90. The van der Waals surface area contributed by atoms with Gasteiger partial charge in [-0.2, -0.15) is 5.26 Å². The highest BCUT2D eigenvalue weighted by atomic mass is 16.2. The van der Waals surface area contributed by atoms with E-state index in [1.54, 1.807) is 4.90 Å². The van der Waals surface area contributed by atoms with Crippen LogP contribution in [0.3, 0.4) is 0 Å². The van der Waals surface area contributed by atoms with Crippen molar-refractivity contribution in [2.45, 2.75) is 45.2 Å². The van der Waals surface area contributed by atoms with Crippen LogP contribution in [0.2, 0.25) is 0 Å². The van der Waals surface area contributed by atoms with Gasteiger partial charge in [0.25, 0.3) is 0 Å². The summed E-state index contributed by atoms with van der Waals surface area (Å²) in [6.07, 6.45) is 0.180. The molecule has 2 atom stereocenters. The topological polar surface area (TPSA) is 73.2 Å². The molecule has 29 heavy (non-hydrogen) atoms. The van der Waals surface area contributed by atoms with Crippen LogP contribution in [0.15, 0.2) is 54.6 Å². The van der Waals surface area contributed by atoms with E-state index in [2.05, 4.69) is 32.2 Å². The molecule has 1 N–H and O–H groups in total. The van der Waals surface area contributed by atoms with Gasteiger partial charge in [0.1, 0.15) is 6.04 Å². The Morgan fingerprint density at radius 2 is 1.83 bits per heavy atom. The summed E-state index contributed by atoms with van der Waals surface area (Å²) in [4.78, 5) is 26.8. The number of nitrogens with zero attached hydrogens (tertiary/aromatic N) is 2. The van der Waals surface area contributed by atoms with Gasteiger partial charge in [0.15, 0.2) is 0 Å². The summed E-state index contributed by atoms with van der Waals surface area (Å²) in [6, 6.07) is 18.9. The SMILES string of the molecule is CC(C)(C)c1ccc(C(C#N)NC(=O)C2CC(=O)N(Cc3ccccc3)C2)cc1. The van der Waals surface area contributed by atoms with Crippen molar-refractivity contribution in [2.24, 2.45) is 5.92 Å². The molecule has 0 aromatic heterocycles. The molecule has 0 radical (unpaired) electrons. The number of nitriles is 1. The minimum Gasteiger partial charge on any atom is -0.338 e. The number of nitrogens with one attached hydrogen (secondary N) is 1. The molecular formula is C24H27N3O2. The van der Waals surface area contributed by atoms with Crippen LogP contribution in [0.4, 0.5) is 0 Å². The summed E-state index contributed by atoms with van der Waals surface area (Å²) in [5.41, 5.74) is 2.98. The average Bonchev–Trinajstić information content (AvgIpc) is 3.06. The van der Waals surface area contributed by atoms with Crippen molar-refractivity contribution < 1.29 is 9.59 Å². The molecule has 150 valence electrons. The van der Waals surface area contributed by atoms with Crippen LogP contribution in [0.5, 0.6) is 0 Å². The number of benzene rings is 2. The third kappa shape index (κ3) is 5.03. The summed E-state index contributed by atoms with van der Waals surface area (Å²) in [7, 11) is 0. The van der Waals surface area contributed by atoms with Gasteiger partial charge < -0.3 is 10.2 Å². The monoisotopic (exact) mass is 389 g/mol. The van der Waals surface area contributed by atoms with Crippen LogP contribution in [-0.2, 0) is 21.5 Å². The fraction of sp³-hybridized carbons (Fsp3) is 0.375. The molecule has 1 fully saturated rings. The number of likely N-dealkylation sites (tertiary alicyclic amines) is 1. The van der Waals surface area contributed by atoms with E-state index in [1.807, 2.05) is 54.6 Å². The molecule has 5 heteroatoms. The van der Waals surface area contributed by atoms with Gasteiger partial charge in [0.2, 0.25) is 11.8 Å². The van der Waals surface area contributed by atoms with E-state index in [-0.39, 0.29) is 23.7 Å². The minimum atomic E-state index is -0.727. The van der Waals surface area contributed by atoms with Gasteiger partial charge in [-0.15, -0.1) is 0 Å². The van der Waals surface area contributed by atoms with Crippen LogP contribution < -0.4 is 5.32 Å². The van der Waals surface area contributed by atoms with Gasteiger partial charge in [0, 0.05) is 19.5 Å². The Bertz CT molecular complexity index is 908. The summed E-state index contributed by atoms with van der Waals surface area (Å²) in [5.74, 6) is -0.715. The summed E-state index contributed by atoms with van der Waals surface area (Å²) in [6.45, 7) is 7.26. The molecule has 0 aliphatic carbocycles. The zero-order valence-electron chi connectivity index (χ0n) is 17.2. The Kier molecular flexibility index (Phi) is 6.03. The second-order valence-electron chi connectivity index (χ2n) is 8.60. The number of carbonyl (C=O) groups is 2. The van der Waals surface area contributed by atoms with Crippen molar-refractivity contribution in [1.82, 2.24) is 10.2 Å². The molecule has 0 spiro atoms. The molecule has 2 amide bonds. The maximum Gasteiger partial charge on any atom is 0.226 e. The van der Waals surface area contributed by atoms with E-state index in [0.29, 0.717) is 13.1 Å². The first kappa shape index (κ1) is 20.6. The van der Waals surface area contributed by atoms with Crippen molar-refractivity contribution in [3.8, 4) is 6.07 Å². The van der Waals surface area contributed by atoms with E-state index in [4.69, 9.17) is 0 Å². The van der Waals surface area contributed by atoms with Gasteiger partial charge in [-0.3, -0.25) is 9.59 Å². The second-order valence-corrected chi connectivity index (χ2v) is 8.60. The summed E-state index contributed by atoms with van der Waals surface area (Å²) >= 11 is 0. The first-order valence-corrected chi connectivity index (χ1v) is 9.90. The maximum absolute atomic E-state index is 12.7. The fourth-order valence-corrected chi connectivity index (χ4v) is 3.53. The molecule has 0 bridgehead atoms. The van der Waals surface area contributed by atoms with Crippen molar-refractivity contribution in [1.29, 1.82) is 5.26 Å². The van der Waals surface area contributed by atoms with Crippen LogP contribution in [-0.4, -0.2) is 23.3 Å². The number of rotatable bonds is 5. The predicted molar refractivity (Wildman–Crippen MR) is 112 cm³/mol. The normalized spacial score (nSPS) is 17.7. The number of amides is 2. The lowest BCUT2D eigenvalue weighted by Crippen LogP contribution is -2.35. The lowest BCUT2D eigenvalue weighted by atomic mass is 9.86. The second kappa shape index (κ2) is 8.48. The van der Waals surface area contributed by atoms with E-state index in [0.717, 1.165) is 11.1 Å². The van der Waals surface area contributed by atoms with Crippen molar-refractivity contribution in [3.63, 3.8) is 0 Å². The van der Waals surface area contributed by atoms with Crippen molar-refractivity contribution >= 4 is 11.8 Å². The summed E-state index contributed by atoms with van der Waals surface area (Å²) in [5, 5.41) is 12.4. The Labute approximate surface area is 172 Å². The van der Waals surface area contributed by atoms with Crippen LogP contribution >= 0.6 is 0 Å².